The largest absolute Gasteiger partial charge is 0.418 e. The molecule has 0 aliphatic heterocycles. The molecule has 0 aliphatic carbocycles. The number of halogens is 3. The summed E-state index contributed by atoms with van der Waals surface area (Å²) in [6, 6.07) is 0.204. The molecule has 4 rings (SSSR count). The minimum absolute atomic E-state index is 0. The van der Waals surface area contributed by atoms with E-state index in [1.165, 1.54) is 4.57 Å². The van der Waals surface area contributed by atoms with Crippen LogP contribution in [0.25, 0.3) is 22.2 Å². The zero-order valence-electron chi connectivity index (χ0n) is 18.8. The third-order valence-corrected chi connectivity index (χ3v) is 4.83. The van der Waals surface area contributed by atoms with E-state index < -0.39 is 11.7 Å². The number of nitrogens with two attached hydrogens (primary N) is 1. The molecule has 4 heterocycles. The summed E-state index contributed by atoms with van der Waals surface area (Å²) in [6.07, 6.45) is 2.86. The van der Waals surface area contributed by atoms with Crippen LogP contribution in [0.3, 0.4) is 0 Å². The predicted molar refractivity (Wildman–Crippen MR) is 128 cm³/mol. The maximum atomic E-state index is 12.9. The summed E-state index contributed by atoms with van der Waals surface area (Å²) in [7, 11) is 0. The Bertz CT molecular complexity index is 1260. The van der Waals surface area contributed by atoms with E-state index >= 15 is 0 Å². The minimum Gasteiger partial charge on any atom is -0.383 e. The summed E-state index contributed by atoms with van der Waals surface area (Å²) in [5.74, 6) is 0.603. The summed E-state index contributed by atoms with van der Waals surface area (Å²) in [4.78, 5) is 20.2. The van der Waals surface area contributed by atoms with Crippen LogP contribution in [0.2, 0.25) is 0 Å². The molecule has 0 saturated heterocycles. The topological polar surface area (TPSA) is 112 Å². The summed E-state index contributed by atoms with van der Waals surface area (Å²) >= 11 is 0. The Balaban J connectivity index is 0.000000234. The first kappa shape index (κ1) is 26.6. The molecule has 0 fully saturated rings. The van der Waals surface area contributed by atoms with E-state index in [1.807, 2.05) is 4.57 Å². The van der Waals surface area contributed by atoms with Crippen LogP contribution in [0.4, 0.5) is 24.8 Å². The molecule has 9 nitrogen and oxygen atoms in total. The molecule has 0 amide bonds. The molecule has 0 spiro atoms. The summed E-state index contributed by atoms with van der Waals surface area (Å²) in [5, 5.41) is 3.01. The molecule has 34 heavy (non-hydrogen) atoms. The molecule has 3 N–H and O–H groups in total. The van der Waals surface area contributed by atoms with Crippen molar-refractivity contribution in [2.24, 2.45) is 0 Å². The molecule has 0 saturated carbocycles. The second kappa shape index (κ2) is 10.5. The number of hydrogen-bond acceptors (Lipinski definition) is 7. The molecule has 0 atom stereocenters. The average Bonchev–Trinajstić information content (AvgIpc) is 3.35. The number of nitrogen functional groups attached to an aromatic ring is 1. The van der Waals surface area contributed by atoms with Gasteiger partial charge in [0.1, 0.15) is 29.6 Å². The highest BCUT2D eigenvalue weighted by Gasteiger charge is 2.36. The molecular weight excluding hydrogens is 447 g/mol. The Morgan fingerprint density at radius 2 is 1.62 bits per heavy atom. The van der Waals surface area contributed by atoms with Crippen molar-refractivity contribution in [2.75, 3.05) is 17.6 Å². The predicted octanol–water partition coefficient (Wildman–Crippen LogP) is 5.25. The summed E-state index contributed by atoms with van der Waals surface area (Å²) in [6.45, 7) is 12.1. The Hall–Kier alpha value is -3.70. The molecule has 0 bridgehead atoms. The van der Waals surface area contributed by atoms with Gasteiger partial charge in [0.25, 0.3) is 0 Å². The van der Waals surface area contributed by atoms with Gasteiger partial charge in [0, 0.05) is 24.8 Å². The number of rotatable bonds is 5. The lowest BCUT2D eigenvalue weighted by Crippen LogP contribution is -2.05. The van der Waals surface area contributed by atoms with Gasteiger partial charge in [-0.15, -0.1) is 6.58 Å². The fourth-order valence-electron chi connectivity index (χ4n) is 3.24. The highest BCUT2D eigenvalue weighted by atomic mass is 19.4. The van der Waals surface area contributed by atoms with E-state index in [0.717, 1.165) is 29.5 Å². The number of fused-ring (bicyclic) bond motifs is 2. The Kier molecular flexibility index (Phi) is 8.19. The van der Waals surface area contributed by atoms with Crippen molar-refractivity contribution in [3.05, 3.63) is 43.4 Å². The van der Waals surface area contributed by atoms with E-state index in [4.69, 9.17) is 5.73 Å². The molecule has 0 aliphatic rings. The quantitative estimate of drug-likeness (QED) is 0.377. The van der Waals surface area contributed by atoms with Gasteiger partial charge in [0.2, 0.25) is 0 Å². The van der Waals surface area contributed by atoms with Crippen molar-refractivity contribution in [1.82, 2.24) is 34.1 Å². The van der Waals surface area contributed by atoms with Crippen molar-refractivity contribution in [2.45, 2.75) is 53.4 Å². The minimum atomic E-state index is -4.46. The molecule has 0 aromatic carbocycles. The van der Waals surface area contributed by atoms with Gasteiger partial charge >= 0.3 is 6.18 Å². The molecule has 4 aromatic heterocycles. The standard InChI is InChI=1S/C11H15N5.C10H11F3N4.CH4/c1-4-5-12-10-9-11(14-6-13-10)16(7-15-9)8(2)3;1-5(2)17-3-6(10(11,12)13)7-8(14)15-4-16-9(7)17;/h4,6-8H,1,5H2,2-3H3,(H,12,13,14);3-5H,1-2H3,(H2,14,15,16);1H4. The van der Waals surface area contributed by atoms with E-state index in [2.05, 4.69) is 50.7 Å². The number of hydrogen-bond donors (Lipinski definition) is 2. The summed E-state index contributed by atoms with van der Waals surface area (Å²) < 4.78 is 42.0. The molecule has 4 aromatic rings. The van der Waals surface area contributed by atoms with Crippen LogP contribution in [-0.2, 0) is 6.18 Å². The van der Waals surface area contributed by atoms with Crippen LogP contribution in [0.15, 0.2) is 37.8 Å². The molecular formula is C22H30F3N9. The number of imidazole rings is 1. The zero-order valence-corrected chi connectivity index (χ0v) is 18.8. The van der Waals surface area contributed by atoms with E-state index in [1.54, 1.807) is 32.6 Å². The fourth-order valence-corrected chi connectivity index (χ4v) is 3.24. The lowest BCUT2D eigenvalue weighted by molar-refractivity contribution is -0.136. The van der Waals surface area contributed by atoms with Gasteiger partial charge in [-0.25, -0.2) is 24.9 Å². The van der Waals surface area contributed by atoms with Gasteiger partial charge in [-0.1, -0.05) is 13.5 Å². The van der Waals surface area contributed by atoms with E-state index in [-0.39, 0.29) is 30.3 Å². The van der Waals surface area contributed by atoms with Crippen LogP contribution in [0.5, 0.6) is 0 Å². The summed E-state index contributed by atoms with van der Waals surface area (Å²) in [5.41, 5.74) is 6.58. The fraction of sp³-hybridized carbons (Fsp3) is 0.409. The molecule has 12 heteroatoms. The highest BCUT2D eigenvalue weighted by molar-refractivity contribution is 5.90. The van der Waals surface area contributed by atoms with E-state index in [0.29, 0.717) is 12.6 Å². The lowest BCUT2D eigenvalue weighted by atomic mass is 10.2. The average molecular weight is 478 g/mol. The highest BCUT2D eigenvalue weighted by Crippen LogP contribution is 2.38. The molecule has 0 unspecified atom stereocenters. The maximum Gasteiger partial charge on any atom is 0.418 e. The van der Waals surface area contributed by atoms with Crippen LogP contribution in [0.1, 0.15) is 52.8 Å². The van der Waals surface area contributed by atoms with Crippen molar-refractivity contribution in [1.29, 1.82) is 0 Å². The third kappa shape index (κ3) is 5.26. The second-order valence-corrected chi connectivity index (χ2v) is 7.81. The lowest BCUT2D eigenvalue weighted by Gasteiger charge is -2.07. The van der Waals surface area contributed by atoms with Crippen LogP contribution < -0.4 is 11.1 Å². The first-order chi connectivity index (χ1) is 15.6. The van der Waals surface area contributed by atoms with Crippen molar-refractivity contribution in [3.8, 4) is 0 Å². The van der Waals surface area contributed by atoms with E-state index in [9.17, 15) is 13.2 Å². The van der Waals surface area contributed by atoms with Crippen LogP contribution >= 0.6 is 0 Å². The third-order valence-electron chi connectivity index (χ3n) is 4.83. The van der Waals surface area contributed by atoms with Gasteiger partial charge < -0.3 is 20.2 Å². The van der Waals surface area contributed by atoms with Crippen LogP contribution in [-0.4, -0.2) is 40.6 Å². The Morgan fingerprint density at radius 3 is 2.21 bits per heavy atom. The number of alkyl halides is 3. The number of aromatic nitrogens is 7. The monoisotopic (exact) mass is 477 g/mol. The zero-order chi connectivity index (χ0) is 24.3. The normalized spacial score (nSPS) is 11.4. The Morgan fingerprint density at radius 1 is 1.00 bits per heavy atom. The van der Waals surface area contributed by atoms with Gasteiger partial charge in [-0.2, -0.15) is 13.2 Å². The molecule has 0 radical (unpaired) electrons. The first-order valence-corrected chi connectivity index (χ1v) is 10.3. The van der Waals surface area contributed by atoms with Crippen molar-refractivity contribution < 1.29 is 13.2 Å². The van der Waals surface area contributed by atoms with Gasteiger partial charge in [-0.3, -0.25) is 0 Å². The maximum absolute atomic E-state index is 12.9. The van der Waals surface area contributed by atoms with Crippen molar-refractivity contribution >= 4 is 33.8 Å². The number of nitrogens with one attached hydrogen (secondary N) is 1. The van der Waals surface area contributed by atoms with Crippen molar-refractivity contribution in [3.63, 3.8) is 0 Å². The second-order valence-electron chi connectivity index (χ2n) is 7.81. The Labute approximate surface area is 196 Å². The SMILES string of the molecule is C.C=CCNc1ncnc2c1ncn2C(C)C.CC(C)n1cc(C(F)(F)F)c2c(N)ncnc21. The number of nitrogens with zero attached hydrogens (tertiary/aromatic N) is 7. The van der Waals surface area contributed by atoms with Gasteiger partial charge in [0.05, 0.1) is 17.3 Å². The van der Waals surface area contributed by atoms with Gasteiger partial charge in [0.15, 0.2) is 11.5 Å². The number of anilines is 2. The smallest absolute Gasteiger partial charge is 0.383 e. The van der Waals surface area contributed by atoms with Crippen LogP contribution in [0, 0.1) is 0 Å². The van der Waals surface area contributed by atoms with Gasteiger partial charge in [-0.05, 0) is 27.7 Å². The molecule has 184 valence electrons. The first-order valence-electron chi connectivity index (χ1n) is 10.3.